The Morgan fingerprint density at radius 1 is 1.33 bits per heavy atom. The second-order valence-corrected chi connectivity index (χ2v) is 6.80. The molecular formula is C17H22N2O2. The van der Waals surface area contributed by atoms with Gasteiger partial charge < -0.3 is 15.0 Å². The average Bonchev–Trinajstić information content (AvgIpc) is 3.25. The molecule has 2 fully saturated rings. The lowest BCUT2D eigenvalue weighted by molar-refractivity contribution is 0.0951. The van der Waals surface area contributed by atoms with E-state index in [0.717, 1.165) is 43.5 Å². The molecule has 2 aliphatic heterocycles. The molecule has 0 radical (unpaired) electrons. The van der Waals surface area contributed by atoms with Crippen LogP contribution in [0.4, 0.5) is 0 Å². The monoisotopic (exact) mass is 286 g/mol. The molecule has 1 saturated carbocycles. The number of fused-ring (bicyclic) bond motifs is 3. The van der Waals surface area contributed by atoms with Crippen LogP contribution in [0.25, 0.3) is 0 Å². The number of hydrogen-bond donors (Lipinski definition) is 1. The van der Waals surface area contributed by atoms with Crippen LogP contribution in [0.2, 0.25) is 0 Å². The van der Waals surface area contributed by atoms with Gasteiger partial charge in [-0.2, -0.15) is 0 Å². The fraction of sp³-hybridized carbons (Fsp3) is 0.588. The summed E-state index contributed by atoms with van der Waals surface area (Å²) in [5.74, 6) is 2.60. The van der Waals surface area contributed by atoms with Crippen molar-refractivity contribution < 1.29 is 9.53 Å². The topological polar surface area (TPSA) is 41.6 Å². The van der Waals surface area contributed by atoms with E-state index in [2.05, 4.69) is 23.3 Å². The van der Waals surface area contributed by atoms with Gasteiger partial charge in [-0.25, -0.2) is 0 Å². The summed E-state index contributed by atoms with van der Waals surface area (Å²) in [7, 11) is 2.16. The zero-order valence-corrected chi connectivity index (χ0v) is 12.5. The zero-order chi connectivity index (χ0) is 14.4. The lowest BCUT2D eigenvalue weighted by Crippen LogP contribution is -2.29. The Hall–Kier alpha value is -1.55. The highest BCUT2D eigenvalue weighted by Crippen LogP contribution is 2.37. The first-order valence-corrected chi connectivity index (χ1v) is 7.94. The molecule has 112 valence electrons. The van der Waals surface area contributed by atoms with Crippen LogP contribution in [0.3, 0.4) is 0 Å². The van der Waals surface area contributed by atoms with Crippen LogP contribution in [0, 0.1) is 11.8 Å². The third kappa shape index (κ3) is 2.53. The van der Waals surface area contributed by atoms with Gasteiger partial charge in [0.15, 0.2) is 0 Å². The van der Waals surface area contributed by atoms with Crippen molar-refractivity contribution in [3.05, 3.63) is 29.3 Å². The second-order valence-electron chi connectivity index (χ2n) is 6.80. The highest BCUT2D eigenvalue weighted by atomic mass is 16.5. The van der Waals surface area contributed by atoms with Crippen LogP contribution >= 0.6 is 0 Å². The number of carbonyl (C=O) groups is 1. The van der Waals surface area contributed by atoms with E-state index in [0.29, 0.717) is 11.8 Å². The third-order valence-corrected chi connectivity index (χ3v) is 5.00. The molecule has 1 aromatic carbocycles. The number of nitrogens with zero attached hydrogens (tertiary/aromatic N) is 1. The number of benzene rings is 1. The predicted molar refractivity (Wildman–Crippen MR) is 80.7 cm³/mol. The second kappa shape index (κ2) is 5.02. The van der Waals surface area contributed by atoms with Crippen molar-refractivity contribution in [2.45, 2.75) is 18.8 Å². The van der Waals surface area contributed by atoms with Crippen LogP contribution in [-0.4, -0.2) is 44.1 Å². The molecule has 1 aliphatic carbocycles. The van der Waals surface area contributed by atoms with E-state index >= 15 is 0 Å². The van der Waals surface area contributed by atoms with E-state index in [-0.39, 0.29) is 5.91 Å². The molecule has 1 aromatic rings. The van der Waals surface area contributed by atoms with Gasteiger partial charge in [-0.05, 0) is 49.4 Å². The Kier molecular flexibility index (Phi) is 3.14. The van der Waals surface area contributed by atoms with Crippen molar-refractivity contribution >= 4 is 5.91 Å². The standard InChI is InChI=1S/C17H22N2O2/c1-19-8-12-7-18-17(20)15-6-13(21-10-11-2-3-11)4-5-14(15)16(12)9-19/h4-6,11-12,16H,2-3,7-10H2,1H3,(H,18,20)/t12-,16-/m0/s1. The van der Waals surface area contributed by atoms with Gasteiger partial charge in [-0.1, -0.05) is 6.07 Å². The van der Waals surface area contributed by atoms with Crippen LogP contribution in [0.15, 0.2) is 18.2 Å². The summed E-state index contributed by atoms with van der Waals surface area (Å²) < 4.78 is 5.83. The van der Waals surface area contributed by atoms with Gasteiger partial charge in [0.05, 0.1) is 6.61 Å². The van der Waals surface area contributed by atoms with Gasteiger partial charge in [0.2, 0.25) is 0 Å². The molecule has 3 aliphatic rings. The van der Waals surface area contributed by atoms with Crippen molar-refractivity contribution in [1.29, 1.82) is 0 Å². The number of rotatable bonds is 3. The molecule has 4 heteroatoms. The molecule has 1 saturated heterocycles. The number of carbonyl (C=O) groups excluding carboxylic acids is 1. The third-order valence-electron chi connectivity index (χ3n) is 5.00. The summed E-state index contributed by atoms with van der Waals surface area (Å²) in [6, 6.07) is 6.09. The van der Waals surface area contributed by atoms with Gasteiger partial charge in [0, 0.05) is 31.1 Å². The first-order chi connectivity index (χ1) is 10.2. The quantitative estimate of drug-likeness (QED) is 0.922. The number of likely N-dealkylation sites (N-methyl/N-ethyl adjacent to an activating group) is 1. The lowest BCUT2D eigenvalue weighted by atomic mass is 9.87. The number of likely N-dealkylation sites (tertiary alicyclic amines) is 1. The summed E-state index contributed by atoms with van der Waals surface area (Å²) in [4.78, 5) is 14.7. The molecule has 0 spiro atoms. The van der Waals surface area contributed by atoms with Crippen LogP contribution in [0.5, 0.6) is 5.75 Å². The van der Waals surface area contributed by atoms with Gasteiger partial charge in [0.25, 0.3) is 5.91 Å². The smallest absolute Gasteiger partial charge is 0.251 e. The molecule has 1 N–H and O–H groups in total. The largest absolute Gasteiger partial charge is 0.493 e. The molecule has 0 bridgehead atoms. The molecule has 0 unspecified atom stereocenters. The van der Waals surface area contributed by atoms with Crippen LogP contribution < -0.4 is 10.1 Å². The maximum atomic E-state index is 12.3. The lowest BCUT2D eigenvalue weighted by Gasteiger charge is -2.17. The minimum absolute atomic E-state index is 0.0546. The molecule has 0 aromatic heterocycles. The average molecular weight is 286 g/mol. The van der Waals surface area contributed by atoms with Crippen molar-refractivity contribution in [3.8, 4) is 5.75 Å². The first-order valence-electron chi connectivity index (χ1n) is 7.94. The summed E-state index contributed by atoms with van der Waals surface area (Å²) in [5, 5.41) is 3.08. The van der Waals surface area contributed by atoms with Gasteiger partial charge in [0.1, 0.15) is 5.75 Å². The van der Waals surface area contributed by atoms with E-state index in [1.165, 1.54) is 18.4 Å². The molecule has 2 atom stereocenters. The van der Waals surface area contributed by atoms with Crippen molar-refractivity contribution in [1.82, 2.24) is 10.2 Å². The minimum atomic E-state index is 0.0546. The highest BCUT2D eigenvalue weighted by molar-refractivity contribution is 5.96. The van der Waals surface area contributed by atoms with Crippen molar-refractivity contribution in [3.63, 3.8) is 0 Å². The number of ether oxygens (including phenoxy) is 1. The SMILES string of the molecule is CN1C[C@@H]2CNC(=O)c3cc(OCC4CC4)ccc3[C@H]2C1. The first kappa shape index (κ1) is 13.1. The normalized spacial score (nSPS) is 28.5. The summed E-state index contributed by atoms with van der Waals surface area (Å²) in [6.07, 6.45) is 2.56. The van der Waals surface area contributed by atoms with E-state index in [1.54, 1.807) is 0 Å². The van der Waals surface area contributed by atoms with E-state index in [4.69, 9.17) is 4.74 Å². The summed E-state index contributed by atoms with van der Waals surface area (Å²) in [6.45, 7) is 3.66. The Morgan fingerprint density at radius 3 is 3.00 bits per heavy atom. The molecule has 21 heavy (non-hydrogen) atoms. The fourth-order valence-corrected chi connectivity index (χ4v) is 3.61. The van der Waals surface area contributed by atoms with Crippen LogP contribution in [-0.2, 0) is 0 Å². The molecule has 2 heterocycles. The maximum Gasteiger partial charge on any atom is 0.251 e. The Morgan fingerprint density at radius 2 is 2.19 bits per heavy atom. The minimum Gasteiger partial charge on any atom is -0.493 e. The molecule has 1 amide bonds. The molecule has 4 rings (SSSR count). The van der Waals surface area contributed by atoms with Gasteiger partial charge >= 0.3 is 0 Å². The predicted octanol–water partition coefficient (Wildman–Crippen LogP) is 1.86. The number of nitrogens with one attached hydrogen (secondary N) is 1. The molecular weight excluding hydrogens is 264 g/mol. The van der Waals surface area contributed by atoms with Crippen molar-refractivity contribution in [2.24, 2.45) is 11.8 Å². The number of hydrogen-bond acceptors (Lipinski definition) is 3. The maximum absolute atomic E-state index is 12.3. The van der Waals surface area contributed by atoms with Gasteiger partial charge in [-0.15, -0.1) is 0 Å². The fourth-order valence-electron chi connectivity index (χ4n) is 3.61. The summed E-state index contributed by atoms with van der Waals surface area (Å²) in [5.41, 5.74) is 2.00. The van der Waals surface area contributed by atoms with Gasteiger partial charge in [-0.3, -0.25) is 4.79 Å². The molecule has 4 nitrogen and oxygen atoms in total. The zero-order valence-electron chi connectivity index (χ0n) is 12.5. The van der Waals surface area contributed by atoms with E-state index in [9.17, 15) is 4.79 Å². The highest BCUT2D eigenvalue weighted by Gasteiger charge is 2.36. The van der Waals surface area contributed by atoms with E-state index < -0.39 is 0 Å². The van der Waals surface area contributed by atoms with Crippen molar-refractivity contribution in [2.75, 3.05) is 33.3 Å². The van der Waals surface area contributed by atoms with E-state index in [1.807, 2.05) is 12.1 Å². The number of amides is 1. The Balaban J connectivity index is 1.63. The Labute approximate surface area is 125 Å². The van der Waals surface area contributed by atoms with Crippen LogP contribution in [0.1, 0.15) is 34.7 Å². The Bertz CT molecular complexity index is 568. The summed E-state index contributed by atoms with van der Waals surface area (Å²) >= 11 is 0.